The van der Waals surface area contributed by atoms with Crippen LogP contribution in [0.3, 0.4) is 0 Å². The highest BCUT2D eigenvalue weighted by Gasteiger charge is 2.38. The predicted molar refractivity (Wildman–Crippen MR) is 108 cm³/mol. The number of hydrogen-bond acceptors (Lipinski definition) is 3. The van der Waals surface area contributed by atoms with Crippen molar-refractivity contribution in [1.29, 1.82) is 0 Å². The standard InChI is InChI=1S/C20H24N2O3Si/c1-20(2,3)26(4,5)25-16-11-9-15(10-12-16)21-14-13-17-18(21)7-6-8-19(17)22(23)24/h6-14H,1-5H3. The molecule has 0 aliphatic rings. The largest absolute Gasteiger partial charge is 0.544 e. The monoisotopic (exact) mass is 368 g/mol. The molecule has 3 rings (SSSR count). The van der Waals surface area contributed by atoms with Crippen molar-refractivity contribution in [1.82, 2.24) is 4.57 Å². The summed E-state index contributed by atoms with van der Waals surface area (Å²) in [5, 5.41) is 12.0. The lowest BCUT2D eigenvalue weighted by atomic mass is 10.2. The van der Waals surface area contributed by atoms with Crippen LogP contribution in [0.1, 0.15) is 20.8 Å². The zero-order valence-electron chi connectivity index (χ0n) is 15.8. The molecule has 0 radical (unpaired) electrons. The average Bonchev–Trinajstić information content (AvgIpc) is 2.98. The van der Waals surface area contributed by atoms with Crippen molar-refractivity contribution in [3.8, 4) is 11.4 Å². The molecule has 0 aliphatic carbocycles. The van der Waals surface area contributed by atoms with E-state index >= 15 is 0 Å². The van der Waals surface area contributed by atoms with Gasteiger partial charge in [0.25, 0.3) is 5.69 Å². The summed E-state index contributed by atoms with van der Waals surface area (Å²) >= 11 is 0. The van der Waals surface area contributed by atoms with Gasteiger partial charge in [0.2, 0.25) is 8.32 Å². The Hall–Kier alpha value is -2.60. The van der Waals surface area contributed by atoms with Crippen molar-refractivity contribution in [2.45, 2.75) is 38.9 Å². The summed E-state index contributed by atoms with van der Waals surface area (Å²) < 4.78 is 8.27. The maximum Gasteiger partial charge on any atom is 0.278 e. The zero-order chi connectivity index (χ0) is 19.1. The van der Waals surface area contributed by atoms with Gasteiger partial charge >= 0.3 is 0 Å². The lowest BCUT2D eigenvalue weighted by molar-refractivity contribution is -0.383. The summed E-state index contributed by atoms with van der Waals surface area (Å²) in [5.74, 6) is 0.864. The second kappa shape index (κ2) is 6.28. The number of fused-ring (bicyclic) bond motifs is 1. The van der Waals surface area contributed by atoms with Gasteiger partial charge in [-0.25, -0.2) is 0 Å². The Morgan fingerprint density at radius 2 is 1.69 bits per heavy atom. The topological polar surface area (TPSA) is 57.3 Å². The molecule has 0 N–H and O–H groups in total. The Morgan fingerprint density at radius 3 is 2.27 bits per heavy atom. The molecule has 0 saturated carbocycles. The number of nitro benzene ring substituents is 1. The van der Waals surface area contributed by atoms with Crippen molar-refractivity contribution >= 4 is 24.9 Å². The van der Waals surface area contributed by atoms with Crippen LogP contribution in [0, 0.1) is 10.1 Å². The third-order valence-corrected chi connectivity index (χ3v) is 9.56. The molecule has 136 valence electrons. The maximum absolute atomic E-state index is 11.2. The molecule has 2 aromatic carbocycles. The summed E-state index contributed by atoms with van der Waals surface area (Å²) in [6.07, 6.45) is 1.86. The average molecular weight is 369 g/mol. The molecule has 3 aromatic rings. The highest BCUT2D eigenvalue weighted by Crippen LogP contribution is 2.37. The number of nitrogens with zero attached hydrogens (tertiary/aromatic N) is 2. The Morgan fingerprint density at radius 1 is 1.04 bits per heavy atom. The molecular weight excluding hydrogens is 344 g/mol. The van der Waals surface area contributed by atoms with E-state index in [9.17, 15) is 10.1 Å². The van der Waals surface area contributed by atoms with Crippen molar-refractivity contribution < 1.29 is 9.35 Å². The van der Waals surface area contributed by atoms with Crippen LogP contribution < -0.4 is 4.43 Å². The van der Waals surface area contributed by atoms with Crippen LogP contribution in [0.15, 0.2) is 54.7 Å². The van der Waals surface area contributed by atoms with E-state index < -0.39 is 8.32 Å². The van der Waals surface area contributed by atoms with E-state index in [0.29, 0.717) is 5.39 Å². The van der Waals surface area contributed by atoms with Gasteiger partial charge in [-0.1, -0.05) is 26.8 Å². The molecule has 0 saturated heterocycles. The number of rotatable bonds is 4. The quantitative estimate of drug-likeness (QED) is 0.326. The molecule has 6 heteroatoms. The number of nitro groups is 1. The fraction of sp³-hybridized carbons (Fsp3) is 0.300. The molecule has 1 heterocycles. The summed E-state index contributed by atoms with van der Waals surface area (Å²) in [5.41, 5.74) is 1.89. The highest BCUT2D eigenvalue weighted by molar-refractivity contribution is 6.74. The van der Waals surface area contributed by atoms with E-state index in [1.54, 1.807) is 12.1 Å². The van der Waals surface area contributed by atoms with Gasteiger partial charge in [0.15, 0.2) is 0 Å². The van der Waals surface area contributed by atoms with Gasteiger partial charge in [-0.15, -0.1) is 0 Å². The van der Waals surface area contributed by atoms with Crippen LogP contribution in [-0.4, -0.2) is 17.8 Å². The van der Waals surface area contributed by atoms with Crippen LogP contribution in [0.25, 0.3) is 16.6 Å². The lowest BCUT2D eigenvalue weighted by Gasteiger charge is -2.36. The van der Waals surface area contributed by atoms with E-state index in [0.717, 1.165) is 17.0 Å². The minimum absolute atomic E-state index is 0.124. The molecule has 1 aromatic heterocycles. The second-order valence-electron chi connectivity index (χ2n) is 8.01. The molecule has 0 spiro atoms. The number of non-ortho nitro benzene ring substituents is 1. The maximum atomic E-state index is 11.2. The molecule has 5 nitrogen and oxygen atoms in total. The fourth-order valence-electron chi connectivity index (χ4n) is 2.66. The van der Waals surface area contributed by atoms with Crippen molar-refractivity contribution in [2.24, 2.45) is 0 Å². The van der Waals surface area contributed by atoms with Gasteiger partial charge < -0.3 is 8.99 Å². The molecule has 0 bridgehead atoms. The summed E-state index contributed by atoms with van der Waals surface area (Å²) in [7, 11) is -1.87. The minimum atomic E-state index is -1.87. The van der Waals surface area contributed by atoms with Crippen molar-refractivity contribution in [3.63, 3.8) is 0 Å². The number of aromatic nitrogens is 1. The van der Waals surface area contributed by atoms with Gasteiger partial charge in [-0.2, -0.15) is 0 Å². The Kier molecular flexibility index (Phi) is 4.40. The molecule has 26 heavy (non-hydrogen) atoms. The van der Waals surface area contributed by atoms with Gasteiger partial charge in [0.1, 0.15) is 5.75 Å². The van der Waals surface area contributed by atoms with Gasteiger partial charge in [0.05, 0.1) is 15.8 Å². The molecule has 0 fully saturated rings. The van der Waals surface area contributed by atoms with Gasteiger partial charge in [0, 0.05) is 18.0 Å². The molecule has 0 aliphatic heterocycles. The second-order valence-corrected chi connectivity index (χ2v) is 12.7. The Balaban J connectivity index is 1.94. The minimum Gasteiger partial charge on any atom is -0.544 e. The third kappa shape index (κ3) is 3.24. The summed E-state index contributed by atoms with van der Waals surface area (Å²) in [6, 6.07) is 14.8. The van der Waals surface area contributed by atoms with E-state index in [-0.39, 0.29) is 15.6 Å². The van der Waals surface area contributed by atoms with Crippen LogP contribution >= 0.6 is 0 Å². The first-order valence-electron chi connectivity index (χ1n) is 8.64. The molecule has 0 unspecified atom stereocenters. The third-order valence-electron chi connectivity index (χ3n) is 5.20. The first kappa shape index (κ1) is 18.2. The Bertz CT molecular complexity index is 953. The van der Waals surface area contributed by atoms with Gasteiger partial charge in [-0.05, 0) is 54.5 Å². The van der Waals surface area contributed by atoms with Crippen molar-refractivity contribution in [3.05, 3.63) is 64.8 Å². The van der Waals surface area contributed by atoms with Crippen LogP contribution in [-0.2, 0) is 0 Å². The number of hydrogen-bond donors (Lipinski definition) is 0. The first-order valence-corrected chi connectivity index (χ1v) is 11.5. The summed E-state index contributed by atoms with van der Waals surface area (Å²) in [6.45, 7) is 11.1. The number of benzene rings is 2. The summed E-state index contributed by atoms with van der Waals surface area (Å²) in [4.78, 5) is 10.9. The predicted octanol–water partition coefficient (Wildman–Crippen LogP) is 5.92. The molecule has 0 atom stereocenters. The first-order chi connectivity index (χ1) is 12.1. The molecular formula is C20H24N2O3Si. The van der Waals surface area contributed by atoms with E-state index in [4.69, 9.17) is 4.43 Å². The highest BCUT2D eigenvalue weighted by atomic mass is 28.4. The Labute approximate surface area is 154 Å². The van der Waals surface area contributed by atoms with Crippen LogP contribution in [0.4, 0.5) is 5.69 Å². The van der Waals surface area contributed by atoms with E-state index in [1.807, 2.05) is 41.1 Å². The normalized spacial score (nSPS) is 12.3. The zero-order valence-corrected chi connectivity index (χ0v) is 16.8. The van der Waals surface area contributed by atoms with Crippen LogP contribution in [0.2, 0.25) is 18.1 Å². The van der Waals surface area contributed by atoms with Gasteiger partial charge in [-0.3, -0.25) is 10.1 Å². The van der Waals surface area contributed by atoms with E-state index in [1.165, 1.54) is 6.07 Å². The SMILES string of the molecule is CC(C)(C)[Si](C)(C)Oc1ccc(-n2ccc3c([N+](=O)[O-])cccc32)cc1. The van der Waals surface area contributed by atoms with E-state index in [2.05, 4.69) is 33.9 Å². The lowest BCUT2D eigenvalue weighted by Crippen LogP contribution is -2.43. The van der Waals surface area contributed by atoms with Crippen molar-refractivity contribution in [2.75, 3.05) is 0 Å². The fourth-order valence-corrected chi connectivity index (χ4v) is 3.69. The smallest absolute Gasteiger partial charge is 0.278 e. The molecule has 0 amide bonds. The van der Waals surface area contributed by atoms with Crippen LogP contribution in [0.5, 0.6) is 5.75 Å².